The molecule has 2 unspecified atom stereocenters. The molecule has 0 spiro atoms. The van der Waals surface area contributed by atoms with Gasteiger partial charge in [0.05, 0.1) is 19.3 Å². The molecule has 0 heterocycles. The summed E-state index contributed by atoms with van der Waals surface area (Å²) in [5.74, 6) is -2.65. The SMILES string of the molecule is CCCCC/C=C\C/C=C\C/C=C\C/C=C\C/C=C\CCC(=O)O[C@H](COC(=O)CCC/C=C/C=C\C(O)C/C=C\C/C=C\CCCCC)COP(=O)(O)OC[C@H](N)C(=O)O. The number of allylic oxidation sites excluding steroid dienone is 16. The minimum Gasteiger partial charge on any atom is -0.480 e. The maximum atomic E-state index is 12.6. The zero-order valence-electron chi connectivity index (χ0n) is 36.8. The van der Waals surface area contributed by atoms with Gasteiger partial charge in [-0.2, -0.15) is 0 Å². The molecule has 0 amide bonds. The number of aliphatic carboxylic acids is 1. The number of esters is 2. The quantitative estimate of drug-likeness (QED) is 0.0150. The first-order valence-electron chi connectivity index (χ1n) is 22.0. The van der Waals surface area contributed by atoms with Crippen molar-refractivity contribution in [3.05, 3.63) is 109 Å². The summed E-state index contributed by atoms with van der Waals surface area (Å²) in [4.78, 5) is 45.9. The van der Waals surface area contributed by atoms with Gasteiger partial charge in [0.1, 0.15) is 12.6 Å². The first-order chi connectivity index (χ1) is 29.5. The van der Waals surface area contributed by atoms with Crippen LogP contribution >= 0.6 is 7.82 Å². The van der Waals surface area contributed by atoms with Crippen LogP contribution in [0.2, 0.25) is 0 Å². The minimum atomic E-state index is -4.78. The monoisotopic (exact) mass is 874 g/mol. The number of aliphatic hydroxyl groups is 1. The van der Waals surface area contributed by atoms with E-state index in [9.17, 15) is 28.9 Å². The molecule has 0 rings (SSSR count). The van der Waals surface area contributed by atoms with Crippen LogP contribution in [0.4, 0.5) is 0 Å². The highest BCUT2D eigenvalue weighted by atomic mass is 31.2. The lowest BCUT2D eigenvalue weighted by Gasteiger charge is -2.20. The smallest absolute Gasteiger partial charge is 0.472 e. The Hall–Kier alpha value is -3.90. The number of rotatable bonds is 39. The fraction of sp³-hybridized carbons (Fsp3) is 0.562. The summed E-state index contributed by atoms with van der Waals surface area (Å²) in [6.45, 7) is 2.50. The lowest BCUT2D eigenvalue weighted by molar-refractivity contribution is -0.161. The molecule has 0 aromatic heterocycles. The van der Waals surface area contributed by atoms with Crippen molar-refractivity contribution >= 4 is 25.7 Å². The first kappa shape index (κ1) is 57.1. The van der Waals surface area contributed by atoms with Crippen LogP contribution in [-0.2, 0) is 37.5 Å². The predicted octanol–water partition coefficient (Wildman–Crippen LogP) is 10.8. The van der Waals surface area contributed by atoms with Crippen LogP contribution in [-0.4, -0.2) is 71.1 Å². The van der Waals surface area contributed by atoms with Gasteiger partial charge in [0.2, 0.25) is 0 Å². The highest BCUT2D eigenvalue weighted by molar-refractivity contribution is 7.47. The second-order valence-corrected chi connectivity index (χ2v) is 15.8. The summed E-state index contributed by atoms with van der Waals surface area (Å²) in [5, 5.41) is 19.0. The molecule has 0 bridgehead atoms. The van der Waals surface area contributed by atoms with Crippen molar-refractivity contribution in [2.45, 2.75) is 154 Å². The zero-order valence-corrected chi connectivity index (χ0v) is 37.7. The number of hydrogen-bond acceptors (Lipinski definition) is 10. The molecule has 4 atom stereocenters. The van der Waals surface area contributed by atoms with Gasteiger partial charge in [-0.25, -0.2) is 4.57 Å². The number of nitrogens with two attached hydrogens (primary N) is 1. The third-order valence-corrected chi connectivity index (χ3v) is 9.54. The fourth-order valence-corrected chi connectivity index (χ4v) is 5.84. The normalized spacial score (nSPS) is 15.2. The number of carboxylic acids is 1. The second-order valence-electron chi connectivity index (χ2n) is 14.3. The highest BCUT2D eigenvalue weighted by Gasteiger charge is 2.28. The lowest BCUT2D eigenvalue weighted by Crippen LogP contribution is -2.34. The van der Waals surface area contributed by atoms with Gasteiger partial charge >= 0.3 is 25.7 Å². The number of carbonyl (C=O) groups is 3. The van der Waals surface area contributed by atoms with Gasteiger partial charge in [0, 0.05) is 12.8 Å². The van der Waals surface area contributed by atoms with Gasteiger partial charge in [-0.05, 0) is 83.5 Å². The van der Waals surface area contributed by atoms with Crippen LogP contribution in [0.3, 0.4) is 0 Å². The fourth-order valence-electron chi connectivity index (χ4n) is 5.06. The number of phosphoric ester groups is 1. The van der Waals surface area contributed by atoms with Crippen molar-refractivity contribution in [3.63, 3.8) is 0 Å². The van der Waals surface area contributed by atoms with Crippen LogP contribution in [0, 0.1) is 0 Å². The summed E-state index contributed by atoms with van der Waals surface area (Å²) in [7, 11) is -4.78. The van der Waals surface area contributed by atoms with Gasteiger partial charge in [-0.3, -0.25) is 23.4 Å². The molecule has 0 saturated carbocycles. The van der Waals surface area contributed by atoms with E-state index in [2.05, 4.69) is 73.1 Å². The van der Waals surface area contributed by atoms with E-state index in [1.54, 1.807) is 18.2 Å². The highest BCUT2D eigenvalue weighted by Crippen LogP contribution is 2.43. The molecule has 12 nitrogen and oxygen atoms in total. The second kappa shape index (κ2) is 41.5. The Labute approximate surface area is 366 Å². The molecule has 5 N–H and O–H groups in total. The molecular formula is C48H76NO11P. The molecule has 0 saturated heterocycles. The molecule has 0 aromatic carbocycles. The number of carbonyl (C=O) groups excluding carboxylic acids is 2. The van der Waals surface area contributed by atoms with Gasteiger partial charge in [-0.15, -0.1) is 0 Å². The van der Waals surface area contributed by atoms with Crippen LogP contribution in [0.1, 0.15) is 136 Å². The van der Waals surface area contributed by atoms with Crippen molar-refractivity contribution in [1.82, 2.24) is 0 Å². The molecule has 0 radical (unpaired) electrons. The average Bonchev–Trinajstić information content (AvgIpc) is 3.23. The van der Waals surface area contributed by atoms with E-state index >= 15 is 0 Å². The third-order valence-electron chi connectivity index (χ3n) is 8.59. The lowest BCUT2D eigenvalue weighted by atomic mass is 10.2. The van der Waals surface area contributed by atoms with Gasteiger partial charge in [-0.1, -0.05) is 149 Å². The summed E-state index contributed by atoms with van der Waals surface area (Å²) in [6.07, 6.45) is 50.5. The molecule has 13 heteroatoms. The maximum Gasteiger partial charge on any atom is 0.472 e. The molecule has 0 aliphatic rings. The number of ether oxygens (including phenoxy) is 2. The van der Waals surface area contributed by atoms with E-state index in [1.165, 1.54) is 38.5 Å². The Bertz CT molecular complexity index is 1460. The van der Waals surface area contributed by atoms with E-state index in [0.29, 0.717) is 32.1 Å². The molecule has 0 aliphatic heterocycles. The Morgan fingerprint density at radius 3 is 1.62 bits per heavy atom. The number of phosphoric acid groups is 1. The molecular weight excluding hydrogens is 797 g/mol. The van der Waals surface area contributed by atoms with Crippen LogP contribution in [0.15, 0.2) is 109 Å². The number of unbranched alkanes of at least 4 members (excludes halogenated alkanes) is 7. The predicted molar refractivity (Wildman–Crippen MR) is 246 cm³/mol. The minimum absolute atomic E-state index is 0.00166. The zero-order chi connectivity index (χ0) is 45.1. The van der Waals surface area contributed by atoms with E-state index < -0.39 is 63.8 Å². The van der Waals surface area contributed by atoms with Gasteiger partial charge in [0.25, 0.3) is 0 Å². The summed E-state index contributed by atoms with van der Waals surface area (Å²) in [5.41, 5.74) is 5.32. The topological polar surface area (TPSA) is 192 Å². The summed E-state index contributed by atoms with van der Waals surface area (Å²) in [6, 6.07) is -1.56. The number of hydrogen-bond donors (Lipinski definition) is 4. The number of aliphatic hydroxyl groups excluding tert-OH is 1. The van der Waals surface area contributed by atoms with Crippen LogP contribution < -0.4 is 5.73 Å². The van der Waals surface area contributed by atoms with Crippen molar-refractivity contribution in [3.8, 4) is 0 Å². The summed E-state index contributed by atoms with van der Waals surface area (Å²) >= 11 is 0. The maximum absolute atomic E-state index is 12.6. The standard InChI is InChI=1S/C48H76NO11P/c1-3-5-7-9-11-13-14-15-16-17-18-19-20-21-22-24-26-30-35-39-47(52)60-44(41-58-61(55,56)59-42-45(49)48(53)54)40-57-46(51)38-34-31-27-29-33-37-43(50)36-32-28-25-23-12-10-8-6-4-2/h11-13,15-16,18-19,21-23,26-30,32-33,37,43-45,50H,3-10,14,17,20,24-25,31,34-36,38-42,49H2,1-2H3,(H,53,54)(H,55,56)/b13-11-,16-15-,19-18-,22-21-,23-12-,29-27+,30-26-,32-28-,37-33-/t43?,44-,45+/m1/s1. The van der Waals surface area contributed by atoms with E-state index in [1.807, 2.05) is 36.5 Å². The van der Waals surface area contributed by atoms with Crippen molar-refractivity contribution in [2.24, 2.45) is 5.73 Å². The third kappa shape index (κ3) is 41.2. The molecule has 344 valence electrons. The molecule has 0 aromatic rings. The largest absolute Gasteiger partial charge is 0.480 e. The van der Waals surface area contributed by atoms with Crippen LogP contribution in [0.5, 0.6) is 0 Å². The van der Waals surface area contributed by atoms with Gasteiger partial charge in [0.15, 0.2) is 6.10 Å². The first-order valence-corrected chi connectivity index (χ1v) is 23.5. The molecule has 61 heavy (non-hydrogen) atoms. The van der Waals surface area contributed by atoms with Crippen molar-refractivity contribution in [1.29, 1.82) is 0 Å². The van der Waals surface area contributed by atoms with Crippen LogP contribution in [0.25, 0.3) is 0 Å². The Kier molecular flexibility index (Phi) is 38.8. The Morgan fingerprint density at radius 1 is 0.590 bits per heavy atom. The van der Waals surface area contributed by atoms with Crippen molar-refractivity contribution in [2.75, 3.05) is 19.8 Å². The number of carboxylic acid groups (broad SMARTS) is 1. The average molecular weight is 874 g/mol. The molecule has 0 fully saturated rings. The molecule has 0 aliphatic carbocycles. The Morgan fingerprint density at radius 2 is 1.08 bits per heavy atom. The van der Waals surface area contributed by atoms with Crippen molar-refractivity contribution < 1.29 is 52.6 Å². The van der Waals surface area contributed by atoms with E-state index in [4.69, 9.17) is 24.8 Å². The van der Waals surface area contributed by atoms with E-state index in [0.717, 1.165) is 38.5 Å². The Balaban J connectivity index is 4.68. The van der Waals surface area contributed by atoms with Gasteiger partial charge < -0.3 is 30.3 Å². The van der Waals surface area contributed by atoms with E-state index in [-0.39, 0.29) is 12.8 Å². The summed E-state index contributed by atoms with van der Waals surface area (Å²) < 4.78 is 32.5.